The van der Waals surface area contributed by atoms with Gasteiger partial charge in [0.15, 0.2) is 0 Å². The largest absolute Gasteiger partial charge is 0.355 e. The van der Waals surface area contributed by atoms with Gasteiger partial charge in [-0.05, 0) is 60.7 Å². The Morgan fingerprint density at radius 3 is 1.41 bits per heavy atom. The summed E-state index contributed by atoms with van der Waals surface area (Å²) in [6, 6.07) is 48.3. The van der Waals surface area contributed by atoms with Crippen molar-refractivity contribution >= 4 is 65.4 Å². The Labute approximate surface area is 224 Å². The Hall–Kier alpha value is -5.28. The Bertz CT molecular complexity index is 2340. The van der Waals surface area contributed by atoms with Crippen LogP contribution in [0, 0.1) is 0 Å². The molecule has 0 aliphatic rings. The summed E-state index contributed by atoms with van der Waals surface area (Å²) in [5, 5.41) is 7.57. The molecule has 3 aromatic heterocycles. The van der Waals surface area contributed by atoms with E-state index in [1.165, 1.54) is 71.3 Å². The quantitative estimate of drug-likeness (QED) is 0.246. The first kappa shape index (κ1) is 20.7. The second kappa shape index (κ2) is 7.62. The predicted octanol–water partition coefficient (Wildman–Crippen LogP) is 9.52. The predicted molar refractivity (Wildman–Crippen MR) is 164 cm³/mol. The van der Waals surface area contributed by atoms with E-state index in [-0.39, 0.29) is 0 Å². The molecule has 0 atom stereocenters. The van der Waals surface area contributed by atoms with E-state index < -0.39 is 0 Å². The average Bonchev–Trinajstić information content (AvgIpc) is 3.64. The summed E-state index contributed by atoms with van der Waals surface area (Å²) < 4.78 is 4.80. The number of H-pyrrole nitrogens is 1. The molecule has 3 heteroatoms. The molecule has 39 heavy (non-hydrogen) atoms. The smallest absolute Gasteiger partial charge is 0.0542 e. The molecule has 9 rings (SSSR count). The van der Waals surface area contributed by atoms with Crippen molar-refractivity contribution < 1.29 is 0 Å². The Morgan fingerprint density at radius 2 is 0.769 bits per heavy atom. The molecule has 0 saturated carbocycles. The summed E-state index contributed by atoms with van der Waals surface area (Å²) in [5.41, 5.74) is 9.55. The summed E-state index contributed by atoms with van der Waals surface area (Å²) >= 11 is 0. The first-order valence-corrected chi connectivity index (χ1v) is 13.4. The van der Waals surface area contributed by atoms with Crippen LogP contribution in [0.25, 0.3) is 76.8 Å². The number of hydrogen-bond acceptors (Lipinski definition) is 0. The summed E-state index contributed by atoms with van der Waals surface area (Å²) in [6.45, 7) is 0. The molecular weight excluding hydrogens is 474 g/mol. The van der Waals surface area contributed by atoms with E-state index in [0.717, 1.165) is 5.52 Å². The third-order valence-electron chi connectivity index (χ3n) is 8.24. The van der Waals surface area contributed by atoms with Gasteiger partial charge in [0.2, 0.25) is 0 Å². The van der Waals surface area contributed by atoms with Gasteiger partial charge in [-0.1, -0.05) is 72.8 Å². The number of aromatic nitrogens is 3. The fourth-order valence-electron chi connectivity index (χ4n) is 6.55. The molecule has 1 N–H and O–H groups in total. The van der Waals surface area contributed by atoms with E-state index in [2.05, 4.69) is 148 Å². The number of rotatable bonds is 2. The zero-order chi connectivity index (χ0) is 25.5. The topological polar surface area (TPSA) is 25.6 Å². The summed E-state index contributed by atoms with van der Waals surface area (Å²) in [5.74, 6) is 0. The lowest BCUT2D eigenvalue weighted by atomic mass is 10.1. The maximum Gasteiger partial charge on any atom is 0.0542 e. The van der Waals surface area contributed by atoms with Crippen molar-refractivity contribution in [2.45, 2.75) is 0 Å². The summed E-state index contributed by atoms with van der Waals surface area (Å²) in [4.78, 5) is 3.57. The number of aromatic amines is 1. The van der Waals surface area contributed by atoms with Crippen molar-refractivity contribution in [2.75, 3.05) is 0 Å². The molecule has 0 amide bonds. The summed E-state index contributed by atoms with van der Waals surface area (Å²) in [6.07, 6.45) is 0. The molecule has 0 radical (unpaired) electrons. The number of fused-ring (bicyclic) bond motifs is 9. The van der Waals surface area contributed by atoms with Crippen LogP contribution in [0.4, 0.5) is 0 Å². The molecule has 0 bridgehead atoms. The monoisotopic (exact) mass is 497 g/mol. The second-order valence-electron chi connectivity index (χ2n) is 10.3. The minimum atomic E-state index is 1.16. The molecule has 182 valence electrons. The van der Waals surface area contributed by atoms with Crippen LogP contribution in [0.15, 0.2) is 133 Å². The molecule has 0 unspecified atom stereocenters. The van der Waals surface area contributed by atoms with E-state index in [9.17, 15) is 0 Å². The van der Waals surface area contributed by atoms with Crippen LogP contribution in [0.3, 0.4) is 0 Å². The number of hydrogen-bond donors (Lipinski definition) is 1. The minimum absolute atomic E-state index is 1.16. The van der Waals surface area contributed by atoms with Crippen LogP contribution in [-0.4, -0.2) is 14.1 Å². The normalized spacial score (nSPS) is 12.1. The van der Waals surface area contributed by atoms with E-state index in [4.69, 9.17) is 0 Å². The van der Waals surface area contributed by atoms with Gasteiger partial charge in [-0.25, -0.2) is 0 Å². The maximum absolute atomic E-state index is 3.57. The average molecular weight is 498 g/mol. The van der Waals surface area contributed by atoms with Crippen LogP contribution >= 0.6 is 0 Å². The van der Waals surface area contributed by atoms with Crippen LogP contribution in [0.2, 0.25) is 0 Å². The minimum Gasteiger partial charge on any atom is -0.355 e. The van der Waals surface area contributed by atoms with E-state index in [1.54, 1.807) is 0 Å². The second-order valence-corrected chi connectivity index (χ2v) is 10.3. The van der Waals surface area contributed by atoms with Crippen molar-refractivity contribution in [1.29, 1.82) is 0 Å². The first-order chi connectivity index (χ1) is 19.3. The van der Waals surface area contributed by atoms with Crippen LogP contribution in [0.1, 0.15) is 0 Å². The third kappa shape index (κ3) is 2.82. The fraction of sp³-hybridized carbons (Fsp3) is 0. The van der Waals surface area contributed by atoms with Gasteiger partial charge in [0, 0.05) is 54.7 Å². The molecular formula is C36H23N3. The number of nitrogens with zero attached hydrogens (tertiary/aromatic N) is 2. The van der Waals surface area contributed by atoms with Gasteiger partial charge >= 0.3 is 0 Å². The lowest BCUT2D eigenvalue weighted by Crippen LogP contribution is -1.95. The molecule has 0 aliphatic carbocycles. The zero-order valence-electron chi connectivity index (χ0n) is 21.1. The van der Waals surface area contributed by atoms with Gasteiger partial charge in [-0.2, -0.15) is 0 Å². The lowest BCUT2D eigenvalue weighted by Gasteiger charge is -2.10. The van der Waals surface area contributed by atoms with Crippen molar-refractivity contribution in [3.63, 3.8) is 0 Å². The van der Waals surface area contributed by atoms with Gasteiger partial charge in [-0.15, -0.1) is 0 Å². The Morgan fingerprint density at radius 1 is 0.333 bits per heavy atom. The molecule has 3 nitrogen and oxygen atoms in total. The molecule has 6 aromatic carbocycles. The highest BCUT2D eigenvalue weighted by molar-refractivity contribution is 6.13. The highest BCUT2D eigenvalue weighted by Gasteiger charge is 2.16. The van der Waals surface area contributed by atoms with Crippen LogP contribution < -0.4 is 0 Å². The molecule has 3 heterocycles. The van der Waals surface area contributed by atoms with Gasteiger partial charge in [-0.3, -0.25) is 0 Å². The van der Waals surface area contributed by atoms with E-state index in [0.29, 0.717) is 0 Å². The number of benzene rings is 6. The first-order valence-electron chi connectivity index (χ1n) is 13.4. The highest BCUT2D eigenvalue weighted by Crippen LogP contribution is 2.37. The molecule has 9 aromatic rings. The van der Waals surface area contributed by atoms with Crippen molar-refractivity contribution in [3.05, 3.63) is 133 Å². The molecule has 0 spiro atoms. The Kier molecular flexibility index (Phi) is 4.05. The van der Waals surface area contributed by atoms with Gasteiger partial charge in [0.05, 0.1) is 22.1 Å². The fourth-order valence-corrected chi connectivity index (χ4v) is 6.55. The van der Waals surface area contributed by atoms with E-state index in [1.807, 2.05) is 0 Å². The van der Waals surface area contributed by atoms with Crippen molar-refractivity contribution in [2.24, 2.45) is 0 Å². The van der Waals surface area contributed by atoms with E-state index >= 15 is 0 Å². The third-order valence-corrected chi connectivity index (χ3v) is 8.24. The number of nitrogens with one attached hydrogen (secondary N) is 1. The maximum atomic E-state index is 3.57. The van der Waals surface area contributed by atoms with Gasteiger partial charge < -0.3 is 14.1 Å². The molecule has 0 aliphatic heterocycles. The Balaban J connectivity index is 1.34. The summed E-state index contributed by atoms with van der Waals surface area (Å²) in [7, 11) is 0. The van der Waals surface area contributed by atoms with Crippen molar-refractivity contribution in [1.82, 2.24) is 14.1 Å². The molecule has 0 fully saturated rings. The molecule has 0 saturated heterocycles. The van der Waals surface area contributed by atoms with Gasteiger partial charge in [0.25, 0.3) is 0 Å². The van der Waals surface area contributed by atoms with Crippen LogP contribution in [-0.2, 0) is 0 Å². The lowest BCUT2D eigenvalue weighted by molar-refractivity contribution is 1.17. The SMILES string of the molecule is c1ccc2c(c1)[nH]c1ccc(-n3c4ccccc4c4cc(-n5c6ccccc6c6ccccc65)ccc43)cc12. The zero-order valence-corrected chi connectivity index (χ0v) is 21.1. The van der Waals surface area contributed by atoms with Crippen LogP contribution in [0.5, 0.6) is 0 Å². The van der Waals surface area contributed by atoms with Gasteiger partial charge in [0.1, 0.15) is 0 Å². The standard InChI is InChI=1S/C36H23N3/c1-5-13-31-25(9-1)29-21-23(17-19-32(29)37-31)39-35-16-8-4-12-28(35)30-22-24(18-20-36(30)39)38-33-14-6-2-10-26(33)27-11-3-7-15-34(27)38/h1-22,37H. The highest BCUT2D eigenvalue weighted by atomic mass is 15.0. The van der Waals surface area contributed by atoms with Crippen molar-refractivity contribution in [3.8, 4) is 11.4 Å². The number of para-hydroxylation sites is 4.